The second-order valence-electron chi connectivity index (χ2n) is 13.1. The molecule has 192 valence electrons. The van der Waals surface area contributed by atoms with Gasteiger partial charge in [-0.15, -0.1) is 11.8 Å². The molecule has 0 bridgehead atoms. The van der Waals surface area contributed by atoms with Crippen LogP contribution in [0.25, 0.3) is 4.91 Å². The van der Waals surface area contributed by atoms with Crippen molar-refractivity contribution in [2.45, 2.75) is 68.5 Å². The third-order valence-electron chi connectivity index (χ3n) is 8.62. The zero-order valence-electron chi connectivity index (χ0n) is 23.5. The van der Waals surface area contributed by atoms with Crippen molar-refractivity contribution < 1.29 is 0 Å². The van der Waals surface area contributed by atoms with Gasteiger partial charge in [-0.2, -0.15) is 0 Å². The molecule has 0 nitrogen and oxygen atoms in total. The van der Waals surface area contributed by atoms with Crippen LogP contribution in [-0.4, -0.2) is 0 Å². The Kier molecular flexibility index (Phi) is 5.81. The summed E-state index contributed by atoms with van der Waals surface area (Å²) in [7, 11) is 0. The molecular formula is C37H38S. The quantitative estimate of drug-likeness (QED) is 0.261. The monoisotopic (exact) mass is 514 g/mol. The molecule has 2 aliphatic rings. The van der Waals surface area contributed by atoms with E-state index in [2.05, 4.69) is 169 Å². The summed E-state index contributed by atoms with van der Waals surface area (Å²) in [6.07, 6.45) is 2.61. The van der Waals surface area contributed by atoms with Crippen LogP contribution in [-0.2, 0) is 21.0 Å². The SMILES string of the molecule is CC(C)(C)c1ccc(C2=CC3(c4ccccc4)C(c4ccccc4)C3(c3ccc(C(C)(C)C)cc3)S2)cc1. The molecule has 0 radical (unpaired) electrons. The second-order valence-corrected chi connectivity index (χ2v) is 14.4. The van der Waals surface area contributed by atoms with Gasteiger partial charge in [0.15, 0.2) is 0 Å². The molecule has 0 N–H and O–H groups in total. The highest BCUT2D eigenvalue weighted by Gasteiger charge is 2.80. The Hall–Kier alpha value is -3.03. The van der Waals surface area contributed by atoms with E-state index in [0.717, 1.165) is 0 Å². The van der Waals surface area contributed by atoms with Crippen LogP contribution < -0.4 is 0 Å². The van der Waals surface area contributed by atoms with E-state index in [9.17, 15) is 0 Å². The van der Waals surface area contributed by atoms with Gasteiger partial charge in [0.25, 0.3) is 0 Å². The Morgan fingerprint density at radius 3 is 1.58 bits per heavy atom. The first-order valence-corrected chi connectivity index (χ1v) is 14.6. The normalized spacial score (nSPS) is 24.6. The Balaban J connectivity index is 1.54. The molecular weight excluding hydrogens is 476 g/mol. The van der Waals surface area contributed by atoms with Crippen LogP contribution in [0, 0.1) is 0 Å². The van der Waals surface area contributed by atoms with Gasteiger partial charge in [0.2, 0.25) is 0 Å². The minimum absolute atomic E-state index is 0.0792. The minimum atomic E-state index is -0.0957. The molecule has 3 unspecified atom stereocenters. The highest BCUT2D eigenvalue weighted by Crippen LogP contribution is 2.85. The van der Waals surface area contributed by atoms with Crippen LogP contribution in [0.1, 0.15) is 80.8 Å². The number of benzene rings is 4. The zero-order valence-corrected chi connectivity index (χ0v) is 24.3. The molecule has 1 heteroatoms. The molecule has 4 aromatic rings. The Bertz CT molecular complexity index is 1470. The summed E-state index contributed by atoms with van der Waals surface area (Å²) in [5, 5.41) is 0. The molecule has 0 saturated heterocycles. The molecule has 0 aromatic heterocycles. The van der Waals surface area contributed by atoms with Crippen LogP contribution in [0.2, 0.25) is 0 Å². The molecule has 6 rings (SSSR count). The predicted octanol–water partition coefficient (Wildman–Crippen LogP) is 10.0. The first kappa shape index (κ1) is 25.3. The fourth-order valence-corrected chi connectivity index (χ4v) is 8.44. The van der Waals surface area contributed by atoms with Gasteiger partial charge in [-0.1, -0.05) is 157 Å². The summed E-state index contributed by atoms with van der Waals surface area (Å²) < 4.78 is -0.0792. The lowest BCUT2D eigenvalue weighted by Gasteiger charge is -2.23. The number of hydrogen-bond donors (Lipinski definition) is 0. The molecule has 38 heavy (non-hydrogen) atoms. The van der Waals surface area contributed by atoms with Crippen LogP contribution in [0.4, 0.5) is 0 Å². The van der Waals surface area contributed by atoms with Gasteiger partial charge < -0.3 is 0 Å². The Labute approximate surface area is 233 Å². The summed E-state index contributed by atoms with van der Waals surface area (Å²) in [5.41, 5.74) is 8.52. The van der Waals surface area contributed by atoms with Crippen LogP contribution in [0.3, 0.4) is 0 Å². The van der Waals surface area contributed by atoms with Crippen LogP contribution in [0.5, 0.6) is 0 Å². The van der Waals surface area contributed by atoms with Gasteiger partial charge >= 0.3 is 0 Å². The largest absolute Gasteiger partial charge is 0.112 e. The molecule has 3 atom stereocenters. The Morgan fingerprint density at radius 1 is 0.553 bits per heavy atom. The van der Waals surface area contributed by atoms with Gasteiger partial charge in [0.1, 0.15) is 0 Å². The molecule has 1 heterocycles. The molecule has 0 spiro atoms. The van der Waals surface area contributed by atoms with Gasteiger partial charge in [-0.25, -0.2) is 0 Å². The van der Waals surface area contributed by atoms with E-state index in [1.165, 1.54) is 38.3 Å². The van der Waals surface area contributed by atoms with E-state index in [4.69, 9.17) is 0 Å². The number of thioether (sulfide) groups is 1. The fourth-order valence-electron chi connectivity index (χ4n) is 6.49. The second kappa shape index (κ2) is 8.75. The van der Waals surface area contributed by atoms with Gasteiger partial charge in [-0.3, -0.25) is 0 Å². The van der Waals surface area contributed by atoms with E-state index >= 15 is 0 Å². The Morgan fingerprint density at radius 2 is 1.05 bits per heavy atom. The van der Waals surface area contributed by atoms with E-state index < -0.39 is 0 Å². The maximum absolute atomic E-state index is 2.61. The van der Waals surface area contributed by atoms with Crippen molar-refractivity contribution in [1.82, 2.24) is 0 Å². The summed E-state index contributed by atoms with van der Waals surface area (Å²) in [4.78, 5) is 1.39. The van der Waals surface area contributed by atoms with Gasteiger partial charge in [0, 0.05) is 16.2 Å². The van der Waals surface area contributed by atoms with Crippen LogP contribution >= 0.6 is 11.8 Å². The van der Waals surface area contributed by atoms with Crippen molar-refractivity contribution in [2.24, 2.45) is 0 Å². The summed E-state index contributed by atoms with van der Waals surface area (Å²) in [5.74, 6) is 0.377. The number of allylic oxidation sites excluding steroid dienone is 1. The van der Waals surface area contributed by atoms with Crippen molar-refractivity contribution >= 4 is 16.7 Å². The fraction of sp³-hybridized carbons (Fsp3) is 0.297. The van der Waals surface area contributed by atoms with Crippen molar-refractivity contribution in [2.75, 3.05) is 0 Å². The summed E-state index contributed by atoms with van der Waals surface area (Å²) in [6.45, 7) is 13.7. The first-order chi connectivity index (χ1) is 18.1. The lowest BCUT2D eigenvalue weighted by molar-refractivity contribution is 0.589. The van der Waals surface area contributed by atoms with Crippen molar-refractivity contribution in [3.8, 4) is 0 Å². The maximum atomic E-state index is 2.61. The molecule has 0 amide bonds. The van der Waals surface area contributed by atoms with Crippen molar-refractivity contribution in [3.05, 3.63) is 149 Å². The third kappa shape index (κ3) is 3.82. The van der Waals surface area contributed by atoms with E-state index in [1.54, 1.807) is 0 Å². The van der Waals surface area contributed by atoms with Crippen molar-refractivity contribution in [1.29, 1.82) is 0 Å². The predicted molar refractivity (Wildman–Crippen MR) is 165 cm³/mol. The van der Waals surface area contributed by atoms with E-state index in [-0.39, 0.29) is 21.0 Å². The smallest absolute Gasteiger partial charge is 0.0674 e. The summed E-state index contributed by atoms with van der Waals surface area (Å²) >= 11 is 2.08. The highest BCUT2D eigenvalue weighted by molar-refractivity contribution is 8.10. The van der Waals surface area contributed by atoms with Crippen LogP contribution in [0.15, 0.2) is 115 Å². The minimum Gasteiger partial charge on any atom is -0.112 e. The van der Waals surface area contributed by atoms with Gasteiger partial charge in [-0.05, 0) is 44.2 Å². The number of fused-ring (bicyclic) bond motifs is 1. The lowest BCUT2D eigenvalue weighted by atomic mass is 9.84. The third-order valence-corrected chi connectivity index (χ3v) is 10.3. The zero-order chi connectivity index (χ0) is 26.8. The molecule has 1 fully saturated rings. The van der Waals surface area contributed by atoms with Gasteiger partial charge in [0.05, 0.1) is 4.75 Å². The molecule has 1 aliphatic carbocycles. The van der Waals surface area contributed by atoms with Crippen molar-refractivity contribution in [3.63, 3.8) is 0 Å². The first-order valence-electron chi connectivity index (χ1n) is 13.8. The molecule has 4 aromatic carbocycles. The molecule has 1 saturated carbocycles. The lowest BCUT2D eigenvalue weighted by Crippen LogP contribution is -2.15. The average Bonchev–Trinajstić information content (AvgIpc) is 3.34. The topological polar surface area (TPSA) is 0 Å². The molecule has 1 aliphatic heterocycles. The van der Waals surface area contributed by atoms with E-state index in [0.29, 0.717) is 5.92 Å². The highest BCUT2D eigenvalue weighted by atomic mass is 32.2. The van der Waals surface area contributed by atoms with E-state index in [1.807, 2.05) is 0 Å². The number of rotatable bonds is 4. The number of hydrogen-bond acceptors (Lipinski definition) is 1. The standard InChI is InChI=1S/C37H38S/c1-34(2,3)28-19-17-26(18-20-28)32-25-36(30-15-11-8-12-16-30)33(27-13-9-7-10-14-27)37(36,38-32)31-23-21-29(22-24-31)35(4,5)6/h7-25,33H,1-6H3. The summed E-state index contributed by atoms with van der Waals surface area (Å²) in [6, 6.07) is 41.2. The average molecular weight is 515 g/mol. The maximum Gasteiger partial charge on any atom is 0.0674 e.